The van der Waals surface area contributed by atoms with Gasteiger partial charge in [-0.2, -0.15) is 0 Å². The molecule has 3 atom stereocenters. The molecule has 1 saturated carbocycles. The Kier molecular flexibility index (Phi) is 6.23. The van der Waals surface area contributed by atoms with Gasteiger partial charge in [0.05, 0.1) is 71.5 Å². The van der Waals surface area contributed by atoms with Gasteiger partial charge in [0.2, 0.25) is 0 Å². The molecular formula is C18H30O7. The van der Waals surface area contributed by atoms with Crippen LogP contribution in [0.1, 0.15) is 12.8 Å². The molecule has 0 aromatic heterocycles. The Morgan fingerprint density at radius 3 is 1.28 bits per heavy atom. The van der Waals surface area contributed by atoms with Crippen molar-refractivity contribution in [2.45, 2.75) is 31.2 Å². The summed E-state index contributed by atoms with van der Waals surface area (Å²) in [5.74, 6) is 0.736. The monoisotopic (exact) mass is 358 g/mol. The predicted octanol–water partition coefficient (Wildman–Crippen LogP) is 0.646. The van der Waals surface area contributed by atoms with E-state index in [-0.39, 0.29) is 23.7 Å². The van der Waals surface area contributed by atoms with E-state index < -0.39 is 0 Å². The minimum absolute atomic E-state index is 0.256. The maximum absolute atomic E-state index is 6.01. The first-order chi connectivity index (χ1) is 12.3. The van der Waals surface area contributed by atoms with Gasteiger partial charge >= 0.3 is 0 Å². The Morgan fingerprint density at radius 1 is 0.600 bits per heavy atom. The maximum Gasteiger partial charge on any atom is 0.104 e. The van der Waals surface area contributed by atoms with Gasteiger partial charge < -0.3 is 33.2 Å². The van der Waals surface area contributed by atoms with Crippen molar-refractivity contribution in [3.8, 4) is 0 Å². The normalized spacial score (nSPS) is 32.4. The molecular weight excluding hydrogens is 328 g/mol. The van der Waals surface area contributed by atoms with Gasteiger partial charge in [-0.05, 0) is 18.8 Å². The van der Waals surface area contributed by atoms with Gasteiger partial charge in [-0.3, -0.25) is 0 Å². The standard InChI is InChI=1S/C18H30O7/c1-2-14(1)3-19-10-18(11-20-4-15-7-23-15,12-21-5-16-8-24-16)13-22-6-17-9-25-17/h14-17H,1-13H2. The lowest BCUT2D eigenvalue weighted by molar-refractivity contribution is -0.111. The zero-order valence-electron chi connectivity index (χ0n) is 14.9. The lowest BCUT2D eigenvalue weighted by atomic mass is 9.92. The minimum Gasteiger partial charge on any atom is -0.380 e. The highest BCUT2D eigenvalue weighted by Gasteiger charge is 2.36. The van der Waals surface area contributed by atoms with Gasteiger partial charge in [0.25, 0.3) is 0 Å². The van der Waals surface area contributed by atoms with E-state index in [1.807, 2.05) is 0 Å². The van der Waals surface area contributed by atoms with E-state index in [0.29, 0.717) is 46.2 Å². The third-order valence-electron chi connectivity index (χ3n) is 4.80. The summed E-state index contributed by atoms with van der Waals surface area (Å²) >= 11 is 0. The molecule has 4 rings (SSSR count). The average Bonchev–Trinajstić information content (AvgIpc) is 3.44. The summed E-state index contributed by atoms with van der Waals surface area (Å²) in [6, 6.07) is 0. The SMILES string of the molecule is C1CC1COCC(COCC1CO1)(COCC1CO1)COCC1CO1. The molecule has 0 amide bonds. The summed E-state index contributed by atoms with van der Waals surface area (Å²) in [7, 11) is 0. The summed E-state index contributed by atoms with van der Waals surface area (Å²) in [6.07, 6.45) is 3.34. The van der Waals surface area contributed by atoms with Crippen LogP contribution in [0.2, 0.25) is 0 Å². The Labute approximate surface area is 149 Å². The van der Waals surface area contributed by atoms with E-state index in [1.165, 1.54) is 12.8 Å². The van der Waals surface area contributed by atoms with E-state index in [4.69, 9.17) is 33.2 Å². The van der Waals surface area contributed by atoms with E-state index in [9.17, 15) is 0 Å². The quantitative estimate of drug-likeness (QED) is 0.375. The maximum atomic E-state index is 6.01. The van der Waals surface area contributed by atoms with Crippen LogP contribution >= 0.6 is 0 Å². The van der Waals surface area contributed by atoms with Crippen molar-refractivity contribution in [3.05, 3.63) is 0 Å². The second-order valence-electron chi connectivity index (χ2n) is 7.87. The number of rotatable bonds is 16. The highest BCUT2D eigenvalue weighted by atomic mass is 16.6. The predicted molar refractivity (Wildman–Crippen MR) is 87.7 cm³/mol. The fourth-order valence-corrected chi connectivity index (χ4v) is 2.69. The van der Waals surface area contributed by atoms with Crippen molar-refractivity contribution in [3.63, 3.8) is 0 Å². The second-order valence-corrected chi connectivity index (χ2v) is 7.87. The lowest BCUT2D eigenvalue weighted by Crippen LogP contribution is -2.42. The van der Waals surface area contributed by atoms with Crippen LogP contribution in [0, 0.1) is 11.3 Å². The topological polar surface area (TPSA) is 74.5 Å². The molecule has 0 aromatic rings. The van der Waals surface area contributed by atoms with Gasteiger partial charge in [0.15, 0.2) is 0 Å². The van der Waals surface area contributed by atoms with Gasteiger partial charge in [0, 0.05) is 6.61 Å². The van der Waals surface area contributed by atoms with Crippen molar-refractivity contribution in [2.75, 3.05) is 72.7 Å². The van der Waals surface area contributed by atoms with Crippen LogP contribution < -0.4 is 0 Å². The summed E-state index contributed by atoms with van der Waals surface area (Å²) in [5, 5.41) is 0. The van der Waals surface area contributed by atoms with Crippen molar-refractivity contribution >= 4 is 0 Å². The summed E-state index contributed by atoms with van der Waals surface area (Å²) in [6.45, 7) is 7.35. The van der Waals surface area contributed by atoms with Crippen LogP contribution in [0.4, 0.5) is 0 Å². The van der Waals surface area contributed by atoms with Crippen molar-refractivity contribution in [2.24, 2.45) is 11.3 Å². The molecule has 7 heteroatoms. The molecule has 0 aromatic carbocycles. The summed E-state index contributed by atoms with van der Waals surface area (Å²) in [5.41, 5.74) is -0.298. The van der Waals surface area contributed by atoms with Gasteiger partial charge in [0.1, 0.15) is 18.3 Å². The van der Waals surface area contributed by atoms with Crippen LogP contribution in [0.5, 0.6) is 0 Å². The van der Waals surface area contributed by atoms with Crippen molar-refractivity contribution in [1.82, 2.24) is 0 Å². The molecule has 3 unspecified atom stereocenters. The van der Waals surface area contributed by atoms with Crippen LogP contribution in [0.15, 0.2) is 0 Å². The number of hydrogen-bond acceptors (Lipinski definition) is 7. The van der Waals surface area contributed by atoms with E-state index in [1.54, 1.807) is 0 Å². The number of ether oxygens (including phenoxy) is 7. The van der Waals surface area contributed by atoms with E-state index in [2.05, 4.69) is 0 Å². The lowest BCUT2D eigenvalue weighted by Gasteiger charge is -2.33. The third kappa shape index (κ3) is 7.09. The molecule has 0 bridgehead atoms. The van der Waals surface area contributed by atoms with Crippen molar-refractivity contribution in [1.29, 1.82) is 0 Å². The molecule has 3 heterocycles. The van der Waals surface area contributed by atoms with E-state index in [0.717, 1.165) is 32.3 Å². The molecule has 7 nitrogen and oxygen atoms in total. The third-order valence-corrected chi connectivity index (χ3v) is 4.80. The zero-order valence-corrected chi connectivity index (χ0v) is 14.9. The fourth-order valence-electron chi connectivity index (χ4n) is 2.69. The Hall–Kier alpha value is -0.280. The van der Waals surface area contributed by atoms with Crippen LogP contribution in [0.3, 0.4) is 0 Å². The largest absolute Gasteiger partial charge is 0.380 e. The molecule has 4 fully saturated rings. The van der Waals surface area contributed by atoms with Gasteiger partial charge in [-0.15, -0.1) is 0 Å². The molecule has 0 N–H and O–H groups in total. The van der Waals surface area contributed by atoms with Crippen LogP contribution in [0.25, 0.3) is 0 Å². The molecule has 3 aliphatic heterocycles. The molecule has 0 spiro atoms. The molecule has 1 aliphatic carbocycles. The molecule has 3 saturated heterocycles. The minimum atomic E-state index is -0.298. The Bertz CT molecular complexity index is 325. The fraction of sp³-hybridized carbons (Fsp3) is 1.00. The summed E-state index contributed by atoms with van der Waals surface area (Å²) < 4.78 is 39.5. The average molecular weight is 358 g/mol. The number of epoxide rings is 3. The highest BCUT2D eigenvalue weighted by Crippen LogP contribution is 2.30. The first kappa shape index (κ1) is 18.1. The van der Waals surface area contributed by atoms with Crippen LogP contribution in [-0.4, -0.2) is 91.0 Å². The summed E-state index contributed by atoms with van der Waals surface area (Å²) in [4.78, 5) is 0. The molecule has 0 radical (unpaired) electrons. The van der Waals surface area contributed by atoms with Crippen molar-refractivity contribution < 1.29 is 33.2 Å². The number of hydrogen-bond donors (Lipinski definition) is 0. The molecule has 25 heavy (non-hydrogen) atoms. The molecule has 144 valence electrons. The Balaban J connectivity index is 1.27. The van der Waals surface area contributed by atoms with E-state index >= 15 is 0 Å². The van der Waals surface area contributed by atoms with Crippen LogP contribution in [-0.2, 0) is 33.2 Å². The Morgan fingerprint density at radius 2 is 0.960 bits per heavy atom. The van der Waals surface area contributed by atoms with Gasteiger partial charge in [-0.1, -0.05) is 0 Å². The molecule has 4 aliphatic rings. The highest BCUT2D eigenvalue weighted by molar-refractivity contribution is 4.83. The van der Waals surface area contributed by atoms with Gasteiger partial charge in [-0.25, -0.2) is 0 Å². The second kappa shape index (κ2) is 8.61. The zero-order chi connectivity index (χ0) is 17.0. The smallest absolute Gasteiger partial charge is 0.104 e. The first-order valence-corrected chi connectivity index (χ1v) is 9.47. The first-order valence-electron chi connectivity index (χ1n) is 9.47.